The molecular formula is C28H31Cl2N5O4. The van der Waals surface area contributed by atoms with E-state index in [0.29, 0.717) is 27.4 Å². The van der Waals surface area contributed by atoms with Crippen molar-refractivity contribution in [1.82, 2.24) is 16.1 Å². The molecule has 5 rings (SSSR count). The first kappa shape index (κ1) is 27.4. The number of nitrogens with two attached hydrogens (primary N) is 1. The van der Waals surface area contributed by atoms with Gasteiger partial charge in [-0.05, 0) is 87.3 Å². The van der Waals surface area contributed by atoms with Crippen molar-refractivity contribution < 1.29 is 19.2 Å². The number of hydrazine groups is 1. The van der Waals surface area contributed by atoms with Gasteiger partial charge in [-0.3, -0.25) is 19.2 Å². The molecule has 206 valence electrons. The largest absolute Gasteiger partial charge is 0.368 e. The topological polar surface area (TPSA) is 134 Å². The van der Waals surface area contributed by atoms with Gasteiger partial charge in [-0.15, -0.1) is 0 Å². The predicted octanol–water partition coefficient (Wildman–Crippen LogP) is 3.54. The van der Waals surface area contributed by atoms with Gasteiger partial charge in [0.2, 0.25) is 5.91 Å². The summed E-state index contributed by atoms with van der Waals surface area (Å²) in [6.45, 7) is 3.88. The van der Waals surface area contributed by atoms with Gasteiger partial charge in [0.25, 0.3) is 17.7 Å². The number of rotatable bonds is 9. The van der Waals surface area contributed by atoms with E-state index in [4.69, 9.17) is 28.9 Å². The molecular weight excluding hydrogens is 541 g/mol. The maximum Gasteiger partial charge on any atom is 0.253 e. The zero-order valence-corrected chi connectivity index (χ0v) is 23.2. The summed E-state index contributed by atoms with van der Waals surface area (Å²) in [5, 5.41) is 7.75. The molecule has 0 radical (unpaired) electrons. The first-order valence-corrected chi connectivity index (χ1v) is 13.9. The van der Waals surface area contributed by atoms with E-state index < -0.39 is 23.8 Å². The molecule has 4 amide bonds. The van der Waals surface area contributed by atoms with Gasteiger partial charge in [-0.1, -0.05) is 29.3 Å². The zero-order chi connectivity index (χ0) is 28.0. The second kappa shape index (κ2) is 10.8. The molecule has 4 unspecified atom stereocenters. The third kappa shape index (κ3) is 5.76. The van der Waals surface area contributed by atoms with Crippen LogP contribution in [0.3, 0.4) is 0 Å². The molecule has 0 bridgehead atoms. The van der Waals surface area contributed by atoms with Crippen molar-refractivity contribution in [2.75, 3.05) is 5.01 Å². The summed E-state index contributed by atoms with van der Waals surface area (Å²) >= 11 is 12.5. The second-order valence-corrected chi connectivity index (χ2v) is 11.6. The SMILES string of the molecule is CC(NC(=O)c1cc(Cl)ccc1C1C(=O)N(c2ccc(Cl)cc2C(=O)NC(C)C2CC2)NC1C(N)=O)C1CC1. The Kier molecular flexibility index (Phi) is 7.59. The van der Waals surface area contributed by atoms with Crippen LogP contribution in [0.2, 0.25) is 10.0 Å². The minimum atomic E-state index is -1.18. The lowest BCUT2D eigenvalue weighted by atomic mass is 9.88. The molecule has 1 aliphatic heterocycles. The third-order valence-electron chi connectivity index (χ3n) is 7.81. The van der Waals surface area contributed by atoms with Crippen LogP contribution in [0.5, 0.6) is 0 Å². The number of amides is 4. The highest BCUT2D eigenvalue weighted by Crippen LogP contribution is 2.37. The summed E-state index contributed by atoms with van der Waals surface area (Å²) in [6.07, 6.45) is 4.19. The smallest absolute Gasteiger partial charge is 0.253 e. The molecule has 1 saturated heterocycles. The molecule has 5 N–H and O–H groups in total. The Morgan fingerprint density at radius 1 is 0.897 bits per heavy atom. The van der Waals surface area contributed by atoms with Crippen molar-refractivity contribution in [3.63, 3.8) is 0 Å². The van der Waals surface area contributed by atoms with E-state index in [0.717, 1.165) is 30.7 Å². The van der Waals surface area contributed by atoms with Gasteiger partial charge < -0.3 is 16.4 Å². The van der Waals surface area contributed by atoms with E-state index in [2.05, 4.69) is 16.1 Å². The fourth-order valence-corrected chi connectivity index (χ4v) is 5.51. The summed E-state index contributed by atoms with van der Waals surface area (Å²) in [5.74, 6) is -2.40. The Morgan fingerprint density at radius 3 is 1.95 bits per heavy atom. The van der Waals surface area contributed by atoms with Crippen LogP contribution in [0.15, 0.2) is 36.4 Å². The lowest BCUT2D eigenvalue weighted by Gasteiger charge is -2.22. The number of benzene rings is 2. The molecule has 11 heteroatoms. The van der Waals surface area contributed by atoms with Crippen LogP contribution in [0.1, 0.15) is 71.7 Å². The van der Waals surface area contributed by atoms with Crippen molar-refractivity contribution >= 4 is 52.5 Å². The number of carbonyl (C=O) groups excluding carboxylic acids is 4. The molecule has 2 aliphatic carbocycles. The van der Waals surface area contributed by atoms with Crippen molar-refractivity contribution in [3.8, 4) is 0 Å². The normalized spacial score (nSPS) is 22.4. The molecule has 9 nitrogen and oxygen atoms in total. The van der Waals surface area contributed by atoms with E-state index in [-0.39, 0.29) is 40.7 Å². The fourth-order valence-electron chi connectivity index (χ4n) is 5.17. The summed E-state index contributed by atoms with van der Waals surface area (Å²) in [5.41, 5.74) is 9.51. The highest BCUT2D eigenvalue weighted by atomic mass is 35.5. The number of primary amides is 1. The molecule has 0 aromatic heterocycles. The number of halogens is 2. The van der Waals surface area contributed by atoms with Gasteiger partial charge in [0.05, 0.1) is 17.2 Å². The van der Waals surface area contributed by atoms with Crippen molar-refractivity contribution in [3.05, 3.63) is 63.1 Å². The number of carbonyl (C=O) groups is 4. The third-order valence-corrected chi connectivity index (χ3v) is 8.28. The molecule has 2 aromatic rings. The highest BCUT2D eigenvalue weighted by molar-refractivity contribution is 6.31. The van der Waals surface area contributed by atoms with Gasteiger partial charge in [0.1, 0.15) is 6.04 Å². The number of nitrogens with one attached hydrogen (secondary N) is 3. The van der Waals surface area contributed by atoms with E-state index in [1.807, 2.05) is 13.8 Å². The molecule has 3 fully saturated rings. The Hall–Kier alpha value is -3.14. The quantitative estimate of drug-likeness (QED) is 0.365. The lowest BCUT2D eigenvalue weighted by molar-refractivity contribution is -0.123. The molecule has 0 spiro atoms. The van der Waals surface area contributed by atoms with Crippen LogP contribution in [-0.2, 0) is 9.59 Å². The molecule has 1 heterocycles. The van der Waals surface area contributed by atoms with Gasteiger partial charge >= 0.3 is 0 Å². The maximum atomic E-state index is 13.9. The number of nitrogens with zero attached hydrogens (tertiary/aromatic N) is 1. The van der Waals surface area contributed by atoms with Crippen LogP contribution in [-0.4, -0.2) is 41.8 Å². The molecule has 3 aliphatic rings. The molecule has 39 heavy (non-hydrogen) atoms. The van der Waals surface area contributed by atoms with Crippen molar-refractivity contribution in [2.24, 2.45) is 17.6 Å². The van der Waals surface area contributed by atoms with Crippen LogP contribution in [0, 0.1) is 11.8 Å². The van der Waals surface area contributed by atoms with Gasteiger partial charge in [0.15, 0.2) is 0 Å². The van der Waals surface area contributed by atoms with E-state index in [1.165, 1.54) is 18.2 Å². The average Bonchev–Trinajstić information content (AvgIpc) is 3.80. The lowest BCUT2D eigenvalue weighted by Crippen LogP contribution is -2.45. The number of hydrogen-bond donors (Lipinski definition) is 4. The van der Waals surface area contributed by atoms with E-state index in [1.54, 1.807) is 18.2 Å². The molecule has 2 aromatic carbocycles. The maximum absolute atomic E-state index is 13.9. The average molecular weight is 572 g/mol. The zero-order valence-electron chi connectivity index (χ0n) is 21.7. The minimum Gasteiger partial charge on any atom is -0.368 e. The van der Waals surface area contributed by atoms with Gasteiger partial charge in [-0.2, -0.15) is 0 Å². The van der Waals surface area contributed by atoms with Gasteiger partial charge in [-0.25, -0.2) is 10.4 Å². The predicted molar refractivity (Wildman–Crippen MR) is 149 cm³/mol. The van der Waals surface area contributed by atoms with Gasteiger partial charge in [0, 0.05) is 27.7 Å². The van der Waals surface area contributed by atoms with Crippen LogP contribution in [0.25, 0.3) is 0 Å². The summed E-state index contributed by atoms with van der Waals surface area (Å²) < 4.78 is 0. The van der Waals surface area contributed by atoms with E-state index >= 15 is 0 Å². The van der Waals surface area contributed by atoms with Crippen molar-refractivity contribution in [2.45, 2.75) is 63.6 Å². The Morgan fingerprint density at radius 2 is 1.41 bits per heavy atom. The highest BCUT2D eigenvalue weighted by Gasteiger charge is 2.47. The van der Waals surface area contributed by atoms with Crippen LogP contribution < -0.4 is 26.8 Å². The first-order valence-electron chi connectivity index (χ1n) is 13.1. The van der Waals surface area contributed by atoms with Crippen LogP contribution >= 0.6 is 23.2 Å². The number of hydrogen-bond acceptors (Lipinski definition) is 5. The Bertz CT molecular complexity index is 1340. The van der Waals surface area contributed by atoms with E-state index in [9.17, 15) is 19.2 Å². The fraction of sp³-hybridized carbons (Fsp3) is 0.429. The summed E-state index contributed by atoms with van der Waals surface area (Å²) in [6, 6.07) is 7.93. The van der Waals surface area contributed by atoms with Crippen LogP contribution in [0.4, 0.5) is 5.69 Å². The monoisotopic (exact) mass is 571 g/mol. The Balaban J connectivity index is 1.49. The minimum absolute atomic E-state index is 0.0362. The summed E-state index contributed by atoms with van der Waals surface area (Å²) in [7, 11) is 0. The standard InChI is InChI=1S/C28H31Cl2N5O4/c1-13(15-3-4-15)32-26(37)20-11-17(29)7-9-19(20)23-24(25(31)36)34-35(28(23)39)22-10-8-18(30)12-21(22)27(38)33-14(2)16-5-6-16/h7-16,23-24,34H,3-6H2,1-2H3,(H2,31,36)(H,32,37)(H,33,38). The Labute approximate surface area is 236 Å². The first-order chi connectivity index (χ1) is 18.5. The summed E-state index contributed by atoms with van der Waals surface area (Å²) in [4.78, 5) is 53.1. The second-order valence-electron chi connectivity index (χ2n) is 10.8. The molecule has 4 atom stereocenters. The molecule has 2 saturated carbocycles. The number of anilines is 1. The van der Waals surface area contributed by atoms with Crippen molar-refractivity contribution in [1.29, 1.82) is 0 Å².